The molecule has 0 N–H and O–H groups in total. The second-order valence-corrected chi connectivity index (χ2v) is 4.32. The molecule has 0 spiro atoms. The fourth-order valence-corrected chi connectivity index (χ4v) is 1.72. The zero-order chi connectivity index (χ0) is 10.7. The summed E-state index contributed by atoms with van der Waals surface area (Å²) in [7, 11) is 0. The van der Waals surface area contributed by atoms with Crippen LogP contribution in [-0.2, 0) is 16.0 Å². The molecule has 0 heterocycles. The number of hydrogen-bond acceptors (Lipinski definition) is 2. The van der Waals surface area contributed by atoms with E-state index in [4.69, 9.17) is 16.3 Å². The van der Waals surface area contributed by atoms with Crippen molar-refractivity contribution in [3.05, 3.63) is 35.9 Å². The Bertz CT molecular complexity index is 337. The minimum Gasteiger partial charge on any atom is -0.465 e. The predicted octanol–water partition coefficient (Wildman–Crippen LogP) is 2.40. The van der Waals surface area contributed by atoms with Crippen molar-refractivity contribution in [3.8, 4) is 0 Å². The topological polar surface area (TPSA) is 26.3 Å². The number of alkyl halides is 1. The summed E-state index contributed by atoms with van der Waals surface area (Å²) in [6, 6.07) is 9.97. The first-order valence-electron chi connectivity index (χ1n) is 5.12. The molecule has 1 aliphatic rings. The van der Waals surface area contributed by atoms with Crippen molar-refractivity contribution in [2.75, 3.05) is 6.61 Å². The average Bonchev–Trinajstić information content (AvgIpc) is 2.97. The third kappa shape index (κ3) is 2.96. The Morgan fingerprint density at radius 2 is 2.07 bits per heavy atom. The third-order valence-corrected chi connectivity index (χ3v) is 2.98. The van der Waals surface area contributed by atoms with Crippen LogP contribution in [0, 0.1) is 5.92 Å². The second-order valence-electron chi connectivity index (χ2n) is 3.76. The summed E-state index contributed by atoms with van der Waals surface area (Å²) in [5, 5.41) is 0.00854. The van der Waals surface area contributed by atoms with Gasteiger partial charge in [0.25, 0.3) is 0 Å². The van der Waals surface area contributed by atoms with Crippen LogP contribution >= 0.6 is 11.6 Å². The first-order valence-corrected chi connectivity index (χ1v) is 5.55. The van der Waals surface area contributed by atoms with Crippen molar-refractivity contribution in [1.82, 2.24) is 0 Å². The van der Waals surface area contributed by atoms with Crippen LogP contribution in [0.25, 0.3) is 0 Å². The van der Waals surface area contributed by atoms with Crippen molar-refractivity contribution < 1.29 is 9.53 Å². The third-order valence-electron chi connectivity index (χ3n) is 2.49. The maximum Gasteiger partial charge on any atom is 0.310 e. The number of rotatable bonds is 4. The summed E-state index contributed by atoms with van der Waals surface area (Å²) in [5.41, 5.74) is 1.18. The van der Waals surface area contributed by atoms with Gasteiger partial charge in [0, 0.05) is 11.8 Å². The Hall–Kier alpha value is -1.02. The summed E-state index contributed by atoms with van der Waals surface area (Å²) in [5.74, 6) is -0.201. The smallest absolute Gasteiger partial charge is 0.310 e. The van der Waals surface area contributed by atoms with Crippen LogP contribution in [-0.4, -0.2) is 18.0 Å². The summed E-state index contributed by atoms with van der Waals surface area (Å²) >= 11 is 5.74. The van der Waals surface area contributed by atoms with Crippen molar-refractivity contribution >= 4 is 17.6 Å². The Labute approximate surface area is 94.2 Å². The van der Waals surface area contributed by atoms with Crippen LogP contribution < -0.4 is 0 Å². The lowest BCUT2D eigenvalue weighted by Crippen LogP contribution is -2.10. The molecule has 3 heteroatoms. The predicted molar refractivity (Wildman–Crippen MR) is 58.9 cm³/mol. The second kappa shape index (κ2) is 4.67. The fraction of sp³-hybridized carbons (Fsp3) is 0.417. The lowest BCUT2D eigenvalue weighted by molar-refractivity contribution is -0.145. The van der Waals surface area contributed by atoms with E-state index in [2.05, 4.69) is 0 Å². The summed E-state index contributed by atoms with van der Waals surface area (Å²) in [6.07, 6.45) is 1.54. The van der Waals surface area contributed by atoms with E-state index >= 15 is 0 Å². The molecule has 2 rings (SSSR count). The van der Waals surface area contributed by atoms with E-state index in [1.807, 2.05) is 30.3 Å². The molecule has 1 aromatic rings. The minimum atomic E-state index is -0.147. The average molecular weight is 225 g/mol. The standard InChI is InChI=1S/C12H13ClO2/c13-11-8-10(11)12(14)15-7-6-9-4-2-1-3-5-9/h1-5,10-11H,6-8H2. The van der Waals surface area contributed by atoms with E-state index < -0.39 is 0 Å². The molecule has 1 aromatic carbocycles. The number of carbonyl (C=O) groups excluding carboxylic acids is 1. The molecule has 0 saturated heterocycles. The highest BCUT2D eigenvalue weighted by Crippen LogP contribution is 2.36. The first-order chi connectivity index (χ1) is 7.27. The molecular weight excluding hydrogens is 212 g/mol. The Morgan fingerprint density at radius 3 is 2.67 bits per heavy atom. The number of benzene rings is 1. The van der Waals surface area contributed by atoms with Crippen LogP contribution in [0.3, 0.4) is 0 Å². The van der Waals surface area contributed by atoms with Gasteiger partial charge in [-0.3, -0.25) is 4.79 Å². The molecule has 0 aliphatic heterocycles. The van der Waals surface area contributed by atoms with E-state index in [1.54, 1.807) is 0 Å². The van der Waals surface area contributed by atoms with Crippen LogP contribution in [0.15, 0.2) is 30.3 Å². The van der Waals surface area contributed by atoms with Crippen molar-refractivity contribution in [2.45, 2.75) is 18.2 Å². The number of ether oxygens (including phenoxy) is 1. The zero-order valence-electron chi connectivity index (χ0n) is 8.36. The van der Waals surface area contributed by atoms with Crippen LogP contribution in [0.2, 0.25) is 0 Å². The van der Waals surface area contributed by atoms with E-state index in [-0.39, 0.29) is 17.3 Å². The van der Waals surface area contributed by atoms with Crippen LogP contribution in [0.4, 0.5) is 0 Å². The summed E-state index contributed by atoms with van der Waals surface area (Å²) < 4.78 is 5.12. The first kappa shape index (κ1) is 10.5. The normalized spacial score (nSPS) is 23.5. The Balaban J connectivity index is 1.69. The van der Waals surface area contributed by atoms with Gasteiger partial charge < -0.3 is 4.74 Å². The molecule has 2 nitrogen and oxygen atoms in total. The fourth-order valence-electron chi connectivity index (χ4n) is 1.43. The molecular formula is C12H13ClO2. The maximum absolute atomic E-state index is 11.3. The molecule has 1 saturated carbocycles. The number of hydrogen-bond donors (Lipinski definition) is 0. The summed E-state index contributed by atoms with van der Waals surface area (Å²) in [6.45, 7) is 0.447. The molecule has 1 fully saturated rings. The van der Waals surface area contributed by atoms with Crippen LogP contribution in [0.5, 0.6) is 0 Å². The molecule has 80 valence electrons. The maximum atomic E-state index is 11.3. The highest BCUT2D eigenvalue weighted by Gasteiger charge is 2.42. The van der Waals surface area contributed by atoms with Crippen molar-refractivity contribution in [1.29, 1.82) is 0 Å². The van der Waals surface area contributed by atoms with Crippen molar-refractivity contribution in [2.24, 2.45) is 5.92 Å². The van der Waals surface area contributed by atoms with Gasteiger partial charge in [0.05, 0.1) is 12.5 Å². The quantitative estimate of drug-likeness (QED) is 0.580. The SMILES string of the molecule is O=C(OCCc1ccccc1)C1CC1Cl. The van der Waals surface area contributed by atoms with Gasteiger partial charge >= 0.3 is 5.97 Å². The van der Waals surface area contributed by atoms with E-state index in [1.165, 1.54) is 5.56 Å². The van der Waals surface area contributed by atoms with Gasteiger partial charge in [-0.15, -0.1) is 11.6 Å². The summed E-state index contributed by atoms with van der Waals surface area (Å²) in [4.78, 5) is 11.3. The van der Waals surface area contributed by atoms with Crippen LogP contribution in [0.1, 0.15) is 12.0 Å². The van der Waals surface area contributed by atoms with E-state index in [9.17, 15) is 4.79 Å². The molecule has 2 atom stereocenters. The number of halogens is 1. The lowest BCUT2D eigenvalue weighted by atomic mass is 10.2. The highest BCUT2D eigenvalue weighted by atomic mass is 35.5. The molecule has 15 heavy (non-hydrogen) atoms. The largest absolute Gasteiger partial charge is 0.465 e. The van der Waals surface area contributed by atoms with Gasteiger partial charge in [0.15, 0.2) is 0 Å². The number of carbonyl (C=O) groups is 1. The van der Waals surface area contributed by atoms with Gasteiger partial charge in [0.1, 0.15) is 0 Å². The van der Waals surface area contributed by atoms with E-state index in [0.717, 1.165) is 12.8 Å². The molecule has 0 aromatic heterocycles. The minimum absolute atomic E-state index is 0.00854. The highest BCUT2D eigenvalue weighted by molar-refractivity contribution is 6.24. The van der Waals surface area contributed by atoms with Gasteiger partial charge in [-0.2, -0.15) is 0 Å². The Kier molecular flexibility index (Phi) is 3.27. The van der Waals surface area contributed by atoms with Crippen molar-refractivity contribution in [3.63, 3.8) is 0 Å². The van der Waals surface area contributed by atoms with E-state index in [0.29, 0.717) is 6.61 Å². The van der Waals surface area contributed by atoms with Gasteiger partial charge in [0.2, 0.25) is 0 Å². The molecule has 2 unspecified atom stereocenters. The molecule has 0 amide bonds. The zero-order valence-corrected chi connectivity index (χ0v) is 9.11. The monoisotopic (exact) mass is 224 g/mol. The van der Waals surface area contributed by atoms with Gasteiger partial charge in [-0.05, 0) is 12.0 Å². The number of esters is 1. The molecule has 1 aliphatic carbocycles. The van der Waals surface area contributed by atoms with Gasteiger partial charge in [-0.1, -0.05) is 30.3 Å². The Morgan fingerprint density at radius 1 is 1.40 bits per heavy atom. The lowest BCUT2D eigenvalue weighted by Gasteiger charge is -2.03. The molecule has 0 bridgehead atoms. The molecule has 0 radical (unpaired) electrons. The van der Waals surface area contributed by atoms with Gasteiger partial charge in [-0.25, -0.2) is 0 Å².